The molecule has 24 heavy (non-hydrogen) atoms. The van der Waals surface area contributed by atoms with Gasteiger partial charge in [0.05, 0.1) is 38.1 Å². The van der Waals surface area contributed by atoms with Crippen molar-refractivity contribution in [2.24, 2.45) is 0 Å². The Balaban J connectivity index is 2.41. The third kappa shape index (κ3) is 3.75. The molecule has 126 valence electrons. The van der Waals surface area contributed by atoms with Gasteiger partial charge in [0.2, 0.25) is 0 Å². The summed E-state index contributed by atoms with van der Waals surface area (Å²) in [6.45, 7) is 0. The van der Waals surface area contributed by atoms with Crippen LogP contribution < -0.4 is 14.8 Å². The van der Waals surface area contributed by atoms with Crippen LogP contribution in [0.4, 0.5) is 5.69 Å². The van der Waals surface area contributed by atoms with Crippen LogP contribution in [0.5, 0.6) is 11.5 Å². The summed E-state index contributed by atoms with van der Waals surface area (Å²) in [7, 11) is 4.13. The highest BCUT2D eigenvalue weighted by Crippen LogP contribution is 2.34. The van der Waals surface area contributed by atoms with Crippen molar-refractivity contribution in [3.63, 3.8) is 0 Å². The predicted molar refractivity (Wildman–Crippen MR) is 88.1 cm³/mol. The van der Waals surface area contributed by atoms with E-state index in [2.05, 4.69) is 10.3 Å². The van der Waals surface area contributed by atoms with Crippen LogP contribution in [0.15, 0.2) is 30.5 Å². The number of carbonyl (C=O) groups is 2. The molecule has 7 nitrogen and oxygen atoms in total. The molecule has 0 spiro atoms. The van der Waals surface area contributed by atoms with Gasteiger partial charge in [0.1, 0.15) is 5.15 Å². The number of hydrogen-bond acceptors (Lipinski definition) is 6. The molecule has 0 saturated carbocycles. The van der Waals surface area contributed by atoms with Crippen LogP contribution in [0.1, 0.15) is 20.7 Å². The summed E-state index contributed by atoms with van der Waals surface area (Å²) >= 11 is 5.70. The Morgan fingerprint density at radius 1 is 1.08 bits per heavy atom. The number of aromatic nitrogens is 1. The minimum Gasteiger partial charge on any atom is -0.493 e. The minimum absolute atomic E-state index is 0.130. The van der Waals surface area contributed by atoms with E-state index in [-0.39, 0.29) is 22.0 Å². The fourth-order valence-corrected chi connectivity index (χ4v) is 2.08. The smallest absolute Gasteiger partial charge is 0.340 e. The molecule has 1 N–H and O–H groups in total. The summed E-state index contributed by atoms with van der Waals surface area (Å²) in [6, 6.07) is 5.92. The number of carbonyl (C=O) groups excluding carboxylic acids is 2. The monoisotopic (exact) mass is 350 g/mol. The van der Waals surface area contributed by atoms with Gasteiger partial charge in [0.25, 0.3) is 5.91 Å². The van der Waals surface area contributed by atoms with E-state index in [0.29, 0.717) is 11.5 Å². The Hall–Kier alpha value is -2.80. The second-order valence-corrected chi connectivity index (χ2v) is 4.96. The normalized spacial score (nSPS) is 10.0. The highest BCUT2D eigenvalue weighted by atomic mass is 35.5. The lowest BCUT2D eigenvalue weighted by Crippen LogP contribution is -2.16. The molecule has 0 saturated heterocycles. The lowest BCUT2D eigenvalue weighted by Gasteiger charge is -2.14. The number of pyridine rings is 1. The van der Waals surface area contributed by atoms with Gasteiger partial charge in [0, 0.05) is 18.3 Å². The molecule has 1 heterocycles. The van der Waals surface area contributed by atoms with Gasteiger partial charge in [-0.15, -0.1) is 0 Å². The molecule has 0 atom stereocenters. The van der Waals surface area contributed by atoms with Crippen LogP contribution in [0, 0.1) is 0 Å². The molecule has 0 aliphatic rings. The molecule has 0 aliphatic heterocycles. The van der Waals surface area contributed by atoms with E-state index >= 15 is 0 Å². The molecule has 0 bridgehead atoms. The van der Waals surface area contributed by atoms with E-state index in [1.807, 2.05) is 0 Å². The van der Waals surface area contributed by atoms with Crippen LogP contribution in [0.2, 0.25) is 5.15 Å². The van der Waals surface area contributed by atoms with Crippen molar-refractivity contribution in [2.75, 3.05) is 26.6 Å². The van der Waals surface area contributed by atoms with Gasteiger partial charge in [-0.05, 0) is 12.1 Å². The van der Waals surface area contributed by atoms with Crippen molar-refractivity contribution in [1.82, 2.24) is 4.98 Å². The highest BCUT2D eigenvalue weighted by Gasteiger charge is 2.19. The Morgan fingerprint density at radius 2 is 1.75 bits per heavy atom. The maximum absolute atomic E-state index is 12.3. The first kappa shape index (κ1) is 17.6. The molecule has 1 aromatic heterocycles. The van der Waals surface area contributed by atoms with Gasteiger partial charge < -0.3 is 19.5 Å². The first-order valence-electron chi connectivity index (χ1n) is 6.77. The van der Waals surface area contributed by atoms with Gasteiger partial charge >= 0.3 is 5.97 Å². The summed E-state index contributed by atoms with van der Waals surface area (Å²) < 4.78 is 15.1. The van der Waals surface area contributed by atoms with Crippen LogP contribution in [0.25, 0.3) is 0 Å². The van der Waals surface area contributed by atoms with E-state index in [1.165, 1.54) is 51.8 Å². The number of ether oxygens (including phenoxy) is 3. The number of esters is 1. The van der Waals surface area contributed by atoms with Crippen molar-refractivity contribution < 1.29 is 23.8 Å². The standard InChI is InChI=1S/C16H15ClN2O5/c1-22-12-6-10(16(21)24-3)11(7-13(12)23-2)19-15(20)9-4-5-14(17)18-8-9/h4-8H,1-3H3,(H,19,20). The van der Waals surface area contributed by atoms with Gasteiger partial charge in [-0.25, -0.2) is 9.78 Å². The molecule has 8 heteroatoms. The molecule has 1 amide bonds. The summed E-state index contributed by atoms with van der Waals surface area (Å²) in [5, 5.41) is 2.90. The molecule has 0 fully saturated rings. The van der Waals surface area contributed by atoms with Crippen molar-refractivity contribution in [3.05, 3.63) is 46.7 Å². The molecule has 1 aromatic carbocycles. The largest absolute Gasteiger partial charge is 0.493 e. The lowest BCUT2D eigenvalue weighted by atomic mass is 10.1. The summed E-state index contributed by atoms with van der Waals surface area (Å²) in [4.78, 5) is 28.1. The molecule has 0 radical (unpaired) electrons. The fourth-order valence-electron chi connectivity index (χ4n) is 1.97. The third-order valence-electron chi connectivity index (χ3n) is 3.17. The van der Waals surface area contributed by atoms with Crippen molar-refractivity contribution >= 4 is 29.2 Å². The first-order chi connectivity index (χ1) is 11.5. The molecule has 2 rings (SSSR count). The second-order valence-electron chi connectivity index (χ2n) is 4.57. The van der Waals surface area contributed by atoms with Crippen molar-refractivity contribution in [1.29, 1.82) is 0 Å². The number of anilines is 1. The number of amides is 1. The first-order valence-corrected chi connectivity index (χ1v) is 7.15. The average Bonchev–Trinajstić information content (AvgIpc) is 2.61. The lowest BCUT2D eigenvalue weighted by molar-refractivity contribution is 0.0601. The molecule has 0 aliphatic carbocycles. The number of rotatable bonds is 5. The maximum Gasteiger partial charge on any atom is 0.340 e. The summed E-state index contributed by atoms with van der Waals surface area (Å²) in [6.07, 6.45) is 1.33. The van der Waals surface area contributed by atoms with Gasteiger partial charge in [-0.2, -0.15) is 0 Å². The van der Waals surface area contributed by atoms with E-state index in [1.54, 1.807) is 0 Å². The number of methoxy groups -OCH3 is 3. The predicted octanol–water partition coefficient (Wildman–Crippen LogP) is 2.79. The van der Waals surface area contributed by atoms with E-state index in [9.17, 15) is 9.59 Å². The van der Waals surface area contributed by atoms with Crippen LogP contribution in [-0.2, 0) is 4.74 Å². The zero-order valence-electron chi connectivity index (χ0n) is 13.3. The average molecular weight is 351 g/mol. The van der Waals surface area contributed by atoms with Gasteiger partial charge in [-0.3, -0.25) is 4.79 Å². The molecule has 0 unspecified atom stereocenters. The van der Waals surface area contributed by atoms with Crippen LogP contribution >= 0.6 is 11.6 Å². The number of nitrogens with zero attached hydrogens (tertiary/aromatic N) is 1. The topological polar surface area (TPSA) is 86.8 Å². The molecule has 2 aromatic rings. The fraction of sp³-hybridized carbons (Fsp3) is 0.188. The van der Waals surface area contributed by atoms with Gasteiger partial charge in [0.15, 0.2) is 11.5 Å². The number of nitrogens with one attached hydrogen (secondary N) is 1. The SMILES string of the molecule is COC(=O)c1cc(OC)c(OC)cc1NC(=O)c1ccc(Cl)nc1. The quantitative estimate of drug-likeness (QED) is 0.659. The van der Waals surface area contributed by atoms with E-state index in [4.69, 9.17) is 25.8 Å². The summed E-state index contributed by atoms with van der Waals surface area (Å²) in [5.74, 6) is -0.393. The molecular formula is C16H15ClN2O5. The number of halogens is 1. The Kier molecular flexibility index (Phi) is 5.59. The number of hydrogen-bond donors (Lipinski definition) is 1. The maximum atomic E-state index is 12.3. The third-order valence-corrected chi connectivity index (χ3v) is 3.39. The second kappa shape index (κ2) is 7.65. The van der Waals surface area contributed by atoms with Gasteiger partial charge in [-0.1, -0.05) is 11.6 Å². The van der Waals surface area contributed by atoms with Crippen molar-refractivity contribution in [2.45, 2.75) is 0 Å². The van der Waals surface area contributed by atoms with E-state index < -0.39 is 11.9 Å². The van der Waals surface area contributed by atoms with Crippen LogP contribution in [0.3, 0.4) is 0 Å². The zero-order valence-corrected chi connectivity index (χ0v) is 14.0. The minimum atomic E-state index is -0.625. The van der Waals surface area contributed by atoms with E-state index in [0.717, 1.165) is 0 Å². The Morgan fingerprint density at radius 3 is 2.29 bits per heavy atom. The van der Waals surface area contributed by atoms with Crippen LogP contribution in [-0.4, -0.2) is 38.2 Å². The number of benzene rings is 1. The zero-order chi connectivity index (χ0) is 17.7. The molecular weight excluding hydrogens is 336 g/mol. The van der Waals surface area contributed by atoms with Crippen molar-refractivity contribution in [3.8, 4) is 11.5 Å². The highest BCUT2D eigenvalue weighted by molar-refractivity contribution is 6.29. The Bertz CT molecular complexity index is 762. The Labute approximate surface area is 143 Å². The summed E-state index contributed by atoms with van der Waals surface area (Å²) in [5.41, 5.74) is 0.634.